The molecule has 1 atom stereocenters. The van der Waals surface area contributed by atoms with Gasteiger partial charge in [0.1, 0.15) is 6.61 Å². The molecule has 0 aliphatic carbocycles. The molecule has 0 amide bonds. The zero-order valence-corrected chi connectivity index (χ0v) is 19.6. The zero-order valence-electron chi connectivity index (χ0n) is 19.6. The molecular weight excluding hydrogens is 420 g/mol. The van der Waals surface area contributed by atoms with Crippen LogP contribution in [0.25, 0.3) is 22.3 Å². The number of hydrogen-bond donors (Lipinski definition) is 1. The molecule has 1 aromatic carbocycles. The first-order valence-corrected chi connectivity index (χ1v) is 11.3. The van der Waals surface area contributed by atoms with Crippen LogP contribution in [0.15, 0.2) is 29.1 Å². The van der Waals surface area contributed by atoms with Crippen LogP contribution < -0.4 is 5.56 Å². The van der Waals surface area contributed by atoms with Crippen LogP contribution in [0.4, 0.5) is 0 Å². The van der Waals surface area contributed by atoms with Crippen LogP contribution in [0, 0.1) is 0 Å². The van der Waals surface area contributed by atoms with E-state index in [9.17, 15) is 14.7 Å². The number of pyridine rings is 2. The summed E-state index contributed by atoms with van der Waals surface area (Å²) in [6.07, 6.45) is -1.45. The number of benzene rings is 1. The van der Waals surface area contributed by atoms with E-state index in [0.717, 1.165) is 22.0 Å². The number of cyclic esters (lactones) is 1. The molecule has 2 aromatic heterocycles. The quantitative estimate of drug-likeness (QED) is 0.477. The second-order valence-corrected chi connectivity index (χ2v) is 10.1. The number of aliphatic hydroxyl groups excluding tert-OH is 1. The van der Waals surface area contributed by atoms with Gasteiger partial charge in [0.05, 0.1) is 41.2 Å². The van der Waals surface area contributed by atoms with Crippen molar-refractivity contribution in [1.82, 2.24) is 9.55 Å². The average molecular weight is 449 g/mol. The van der Waals surface area contributed by atoms with Crippen molar-refractivity contribution in [3.63, 3.8) is 0 Å². The zero-order chi connectivity index (χ0) is 23.7. The van der Waals surface area contributed by atoms with E-state index in [2.05, 4.69) is 26.0 Å². The summed E-state index contributed by atoms with van der Waals surface area (Å²) >= 11 is 0. The van der Waals surface area contributed by atoms with Crippen molar-refractivity contribution in [2.45, 2.75) is 72.0 Å². The standard InChI is InChI=1S/C26H28N2O5/c1-13(2)15-6-7-20-16(18(15)12-33-26(3,4)5)8-14-10-28-21(22(14)27-20)9-17-19(24(28)30)11-32-25(31)23(17)29/h6-9,13,23,29H,10-12H2,1-5H3/t23-/m0/s1. The summed E-state index contributed by atoms with van der Waals surface area (Å²) in [4.78, 5) is 29.9. The first-order chi connectivity index (χ1) is 15.5. The number of fused-ring (bicyclic) bond motifs is 5. The van der Waals surface area contributed by atoms with Crippen LogP contribution >= 0.6 is 0 Å². The molecule has 3 aromatic rings. The molecule has 0 saturated carbocycles. The Labute approximate surface area is 192 Å². The lowest BCUT2D eigenvalue weighted by Gasteiger charge is -2.23. The van der Waals surface area contributed by atoms with Crippen LogP contribution in [0.1, 0.15) is 74.5 Å². The first-order valence-electron chi connectivity index (χ1n) is 11.3. The summed E-state index contributed by atoms with van der Waals surface area (Å²) < 4.78 is 12.8. The van der Waals surface area contributed by atoms with Gasteiger partial charge in [-0.05, 0) is 56.0 Å². The van der Waals surface area contributed by atoms with Gasteiger partial charge < -0.3 is 19.1 Å². The van der Waals surface area contributed by atoms with Gasteiger partial charge in [0, 0.05) is 16.5 Å². The van der Waals surface area contributed by atoms with Crippen molar-refractivity contribution in [2.75, 3.05) is 0 Å². The molecule has 7 heteroatoms. The van der Waals surface area contributed by atoms with Gasteiger partial charge in [0.15, 0.2) is 6.10 Å². The van der Waals surface area contributed by atoms with Gasteiger partial charge in [-0.1, -0.05) is 19.9 Å². The molecule has 2 aliphatic rings. The highest BCUT2D eigenvalue weighted by Gasteiger charge is 2.34. The smallest absolute Gasteiger partial charge is 0.340 e. The Bertz CT molecular complexity index is 1360. The lowest BCUT2D eigenvalue weighted by atomic mass is 9.93. The Balaban J connectivity index is 1.68. The number of esters is 1. The third-order valence-electron chi connectivity index (χ3n) is 6.38. The number of nitrogens with zero attached hydrogens (tertiary/aromatic N) is 2. The number of rotatable bonds is 3. The Hall–Kier alpha value is -3.03. The second kappa shape index (κ2) is 7.50. The van der Waals surface area contributed by atoms with Crippen molar-refractivity contribution in [3.05, 3.63) is 62.4 Å². The molecular formula is C26H28N2O5. The lowest BCUT2D eigenvalue weighted by molar-refractivity contribution is -0.157. The highest BCUT2D eigenvalue weighted by atomic mass is 16.5. The molecule has 0 spiro atoms. The lowest BCUT2D eigenvalue weighted by Crippen LogP contribution is -2.32. The van der Waals surface area contributed by atoms with E-state index in [1.807, 2.05) is 26.8 Å². The molecule has 4 heterocycles. The number of aliphatic hydroxyl groups is 1. The molecule has 0 bridgehead atoms. The number of hydrogen-bond acceptors (Lipinski definition) is 6. The van der Waals surface area contributed by atoms with Crippen molar-refractivity contribution < 1.29 is 19.4 Å². The van der Waals surface area contributed by atoms with Gasteiger partial charge in [-0.25, -0.2) is 9.78 Å². The Morgan fingerprint density at radius 2 is 2.00 bits per heavy atom. The van der Waals surface area contributed by atoms with E-state index in [0.29, 0.717) is 41.6 Å². The molecule has 0 fully saturated rings. The fraction of sp³-hybridized carbons (Fsp3) is 0.423. The minimum absolute atomic E-state index is 0.123. The predicted molar refractivity (Wildman–Crippen MR) is 124 cm³/mol. The first kappa shape index (κ1) is 21.8. The van der Waals surface area contributed by atoms with E-state index < -0.39 is 12.1 Å². The number of carbonyl (C=O) groups is 1. The van der Waals surface area contributed by atoms with Crippen LogP contribution in [-0.4, -0.2) is 26.2 Å². The average Bonchev–Trinajstić information content (AvgIpc) is 3.10. The molecule has 2 aliphatic heterocycles. The maximum atomic E-state index is 13.2. The van der Waals surface area contributed by atoms with E-state index in [1.165, 1.54) is 5.56 Å². The van der Waals surface area contributed by atoms with Crippen molar-refractivity contribution >= 4 is 16.9 Å². The van der Waals surface area contributed by atoms with E-state index in [4.69, 9.17) is 14.5 Å². The molecule has 1 N–H and O–H groups in total. The normalized spacial score (nSPS) is 17.2. The summed E-state index contributed by atoms with van der Waals surface area (Å²) in [7, 11) is 0. The number of carbonyl (C=O) groups excluding carboxylic acids is 1. The maximum absolute atomic E-state index is 13.2. The summed E-state index contributed by atoms with van der Waals surface area (Å²) in [6, 6.07) is 7.92. The van der Waals surface area contributed by atoms with Gasteiger partial charge >= 0.3 is 5.97 Å². The Kier molecular flexibility index (Phi) is 4.95. The van der Waals surface area contributed by atoms with Gasteiger partial charge in [-0.15, -0.1) is 0 Å². The maximum Gasteiger partial charge on any atom is 0.340 e. The Morgan fingerprint density at radius 1 is 1.24 bits per heavy atom. The Morgan fingerprint density at radius 3 is 2.70 bits per heavy atom. The van der Waals surface area contributed by atoms with Crippen molar-refractivity contribution in [3.8, 4) is 11.4 Å². The van der Waals surface area contributed by atoms with Crippen LogP contribution in [-0.2, 0) is 34.0 Å². The van der Waals surface area contributed by atoms with E-state index >= 15 is 0 Å². The van der Waals surface area contributed by atoms with Gasteiger partial charge in [0.25, 0.3) is 5.56 Å². The molecule has 7 nitrogen and oxygen atoms in total. The fourth-order valence-corrected chi connectivity index (χ4v) is 4.67. The van der Waals surface area contributed by atoms with Crippen LogP contribution in [0.3, 0.4) is 0 Å². The van der Waals surface area contributed by atoms with E-state index in [1.54, 1.807) is 10.6 Å². The summed E-state index contributed by atoms with van der Waals surface area (Å²) in [5.74, 6) is -0.409. The summed E-state index contributed by atoms with van der Waals surface area (Å²) in [6.45, 7) is 11.2. The second-order valence-electron chi connectivity index (χ2n) is 10.1. The number of ether oxygens (including phenoxy) is 2. The monoisotopic (exact) mass is 448 g/mol. The highest BCUT2D eigenvalue weighted by Crippen LogP contribution is 2.37. The molecule has 0 radical (unpaired) electrons. The molecule has 0 unspecified atom stereocenters. The highest BCUT2D eigenvalue weighted by molar-refractivity contribution is 5.88. The molecule has 172 valence electrons. The predicted octanol–water partition coefficient (Wildman–Crippen LogP) is 3.95. The topological polar surface area (TPSA) is 90.7 Å². The number of aromatic nitrogens is 2. The molecule has 5 rings (SSSR count). The SMILES string of the molecule is CC(C)c1ccc2nc3c(cc2c1COC(C)(C)C)Cn1c-3cc2c(c1=O)COC(=O)[C@H]2O. The van der Waals surface area contributed by atoms with Gasteiger partial charge in [-0.2, -0.15) is 0 Å². The molecule has 0 saturated heterocycles. The largest absolute Gasteiger partial charge is 0.458 e. The fourth-order valence-electron chi connectivity index (χ4n) is 4.67. The van der Waals surface area contributed by atoms with Gasteiger partial charge in [0.2, 0.25) is 0 Å². The summed E-state index contributed by atoms with van der Waals surface area (Å²) in [5, 5.41) is 11.3. The van der Waals surface area contributed by atoms with Crippen LogP contribution in [0.2, 0.25) is 0 Å². The van der Waals surface area contributed by atoms with Crippen molar-refractivity contribution in [2.24, 2.45) is 0 Å². The molecule has 33 heavy (non-hydrogen) atoms. The summed E-state index contributed by atoms with van der Waals surface area (Å²) in [5.41, 5.74) is 5.51. The third kappa shape index (κ3) is 3.56. The third-order valence-corrected chi connectivity index (χ3v) is 6.38. The van der Waals surface area contributed by atoms with E-state index in [-0.39, 0.29) is 17.8 Å². The van der Waals surface area contributed by atoms with Crippen molar-refractivity contribution in [1.29, 1.82) is 0 Å². The minimum Gasteiger partial charge on any atom is -0.458 e. The minimum atomic E-state index is -1.45. The van der Waals surface area contributed by atoms with Gasteiger partial charge in [-0.3, -0.25) is 4.79 Å². The van der Waals surface area contributed by atoms with Crippen LogP contribution in [0.5, 0.6) is 0 Å².